The van der Waals surface area contributed by atoms with Crippen LogP contribution in [0.3, 0.4) is 0 Å². The van der Waals surface area contributed by atoms with E-state index in [1.165, 1.54) is 6.07 Å². The van der Waals surface area contributed by atoms with Crippen LogP contribution in [0.4, 0.5) is 10.1 Å². The van der Waals surface area contributed by atoms with Crippen molar-refractivity contribution >= 4 is 11.6 Å². The smallest absolute Gasteiger partial charge is 0.263 e. The van der Waals surface area contributed by atoms with Gasteiger partial charge < -0.3 is 19.3 Å². The summed E-state index contributed by atoms with van der Waals surface area (Å²) in [7, 11) is 1.59. The number of hydrogen-bond donors (Lipinski definition) is 0. The Bertz CT molecular complexity index is 760. The number of benzene rings is 2. The molecule has 0 bridgehead atoms. The van der Waals surface area contributed by atoms with E-state index in [2.05, 4.69) is 0 Å². The van der Waals surface area contributed by atoms with E-state index in [4.69, 9.17) is 9.47 Å². The van der Waals surface area contributed by atoms with E-state index in [-0.39, 0.29) is 11.7 Å². The first-order valence-electron chi connectivity index (χ1n) is 8.67. The van der Waals surface area contributed by atoms with E-state index in [0.717, 1.165) is 0 Å². The first-order valence-corrected chi connectivity index (χ1v) is 8.67. The van der Waals surface area contributed by atoms with Gasteiger partial charge in [0.25, 0.3) is 5.91 Å². The maximum Gasteiger partial charge on any atom is 0.263 e. The molecule has 2 aromatic rings. The highest BCUT2D eigenvalue weighted by atomic mass is 19.1. The summed E-state index contributed by atoms with van der Waals surface area (Å²) in [5, 5.41) is 0. The molecule has 2 aromatic carbocycles. The van der Waals surface area contributed by atoms with Gasteiger partial charge in [0.15, 0.2) is 6.10 Å². The molecule has 1 unspecified atom stereocenters. The average molecular weight is 358 g/mol. The van der Waals surface area contributed by atoms with Crippen LogP contribution in [0, 0.1) is 5.82 Å². The van der Waals surface area contributed by atoms with Crippen LogP contribution in [0.25, 0.3) is 0 Å². The van der Waals surface area contributed by atoms with Gasteiger partial charge in [0, 0.05) is 32.2 Å². The first-order chi connectivity index (χ1) is 12.6. The third kappa shape index (κ3) is 4.07. The highest BCUT2D eigenvalue weighted by molar-refractivity contribution is 5.81. The predicted octanol–water partition coefficient (Wildman–Crippen LogP) is 2.95. The molecule has 0 aliphatic carbocycles. The Hall–Kier alpha value is -2.76. The third-order valence-electron chi connectivity index (χ3n) is 4.49. The van der Waals surface area contributed by atoms with Crippen LogP contribution in [-0.2, 0) is 4.79 Å². The number of methoxy groups -OCH3 is 1. The van der Waals surface area contributed by atoms with Crippen molar-refractivity contribution in [1.82, 2.24) is 4.90 Å². The van der Waals surface area contributed by atoms with Crippen LogP contribution in [0.1, 0.15) is 6.92 Å². The second kappa shape index (κ2) is 8.08. The predicted molar refractivity (Wildman–Crippen MR) is 98.3 cm³/mol. The van der Waals surface area contributed by atoms with Gasteiger partial charge in [-0.3, -0.25) is 4.79 Å². The van der Waals surface area contributed by atoms with Crippen molar-refractivity contribution in [2.45, 2.75) is 13.0 Å². The van der Waals surface area contributed by atoms with Gasteiger partial charge in [0.2, 0.25) is 0 Å². The maximum atomic E-state index is 13.9. The van der Waals surface area contributed by atoms with E-state index >= 15 is 0 Å². The van der Waals surface area contributed by atoms with Crippen molar-refractivity contribution in [1.29, 1.82) is 0 Å². The highest BCUT2D eigenvalue weighted by Gasteiger charge is 2.27. The molecule has 26 heavy (non-hydrogen) atoms. The lowest BCUT2D eigenvalue weighted by Gasteiger charge is -2.37. The number of rotatable bonds is 5. The molecule has 1 saturated heterocycles. The summed E-state index contributed by atoms with van der Waals surface area (Å²) in [4.78, 5) is 16.4. The number of ether oxygens (including phenoxy) is 2. The van der Waals surface area contributed by atoms with Crippen LogP contribution in [0.15, 0.2) is 48.5 Å². The van der Waals surface area contributed by atoms with Crippen molar-refractivity contribution in [3.63, 3.8) is 0 Å². The fourth-order valence-corrected chi connectivity index (χ4v) is 3.06. The molecule has 0 spiro atoms. The average Bonchev–Trinajstić information content (AvgIpc) is 2.68. The molecule has 0 radical (unpaired) electrons. The fraction of sp³-hybridized carbons (Fsp3) is 0.350. The summed E-state index contributed by atoms with van der Waals surface area (Å²) >= 11 is 0. The Morgan fingerprint density at radius 3 is 2.42 bits per heavy atom. The van der Waals surface area contributed by atoms with Gasteiger partial charge in [-0.15, -0.1) is 0 Å². The number of amides is 1. The molecular weight excluding hydrogens is 335 g/mol. The van der Waals surface area contributed by atoms with Crippen LogP contribution < -0.4 is 14.4 Å². The molecule has 1 amide bonds. The molecule has 0 saturated carbocycles. The van der Waals surface area contributed by atoms with Gasteiger partial charge >= 0.3 is 0 Å². The Balaban J connectivity index is 1.56. The number of carbonyl (C=O) groups is 1. The summed E-state index contributed by atoms with van der Waals surface area (Å²) in [6.07, 6.45) is -0.595. The topological polar surface area (TPSA) is 42.0 Å². The molecule has 5 nitrogen and oxygen atoms in total. The van der Waals surface area contributed by atoms with Crippen molar-refractivity contribution in [2.75, 3.05) is 38.2 Å². The standard InChI is InChI=1S/C20H23FN2O3/c1-15(26-17-7-5-6-16(14-17)25-2)20(24)23-12-10-22(11-13-23)19-9-4-3-8-18(19)21/h3-9,14-15H,10-13H2,1-2H3. The van der Waals surface area contributed by atoms with E-state index in [9.17, 15) is 9.18 Å². The van der Waals surface area contributed by atoms with Gasteiger partial charge in [-0.2, -0.15) is 0 Å². The van der Waals surface area contributed by atoms with Crippen molar-refractivity contribution in [2.24, 2.45) is 0 Å². The molecule has 1 aliphatic rings. The van der Waals surface area contributed by atoms with Crippen LogP contribution in [-0.4, -0.2) is 50.2 Å². The van der Waals surface area contributed by atoms with Gasteiger partial charge in [0.05, 0.1) is 12.8 Å². The summed E-state index contributed by atoms with van der Waals surface area (Å²) < 4.78 is 24.8. The van der Waals surface area contributed by atoms with E-state index < -0.39 is 6.10 Å². The minimum atomic E-state index is -0.595. The Kier molecular flexibility index (Phi) is 5.61. The van der Waals surface area contributed by atoms with Gasteiger partial charge in [0.1, 0.15) is 17.3 Å². The first kappa shape index (κ1) is 18.0. The molecule has 1 heterocycles. The Morgan fingerprint density at radius 2 is 1.73 bits per heavy atom. The van der Waals surface area contributed by atoms with E-state index in [1.807, 2.05) is 23.1 Å². The lowest BCUT2D eigenvalue weighted by Crippen LogP contribution is -2.52. The molecule has 1 atom stereocenters. The third-order valence-corrected chi connectivity index (χ3v) is 4.49. The highest BCUT2D eigenvalue weighted by Crippen LogP contribution is 2.22. The molecule has 3 rings (SSSR count). The quantitative estimate of drug-likeness (QED) is 0.824. The summed E-state index contributed by atoms with van der Waals surface area (Å²) in [5.74, 6) is 0.971. The molecule has 0 N–H and O–H groups in total. The second-order valence-corrected chi connectivity index (χ2v) is 6.20. The van der Waals surface area contributed by atoms with Crippen molar-refractivity contribution in [3.8, 4) is 11.5 Å². The summed E-state index contributed by atoms with van der Waals surface area (Å²) in [6.45, 7) is 4.01. The molecule has 6 heteroatoms. The number of para-hydroxylation sites is 1. The maximum absolute atomic E-state index is 13.9. The summed E-state index contributed by atoms with van der Waals surface area (Å²) in [5.41, 5.74) is 0.584. The Labute approximate surface area is 152 Å². The molecule has 138 valence electrons. The zero-order valence-corrected chi connectivity index (χ0v) is 15.0. The van der Waals surface area contributed by atoms with Gasteiger partial charge in [-0.25, -0.2) is 4.39 Å². The molecular formula is C20H23FN2O3. The molecule has 1 fully saturated rings. The van der Waals surface area contributed by atoms with E-state index in [1.54, 1.807) is 43.2 Å². The Morgan fingerprint density at radius 1 is 1.04 bits per heavy atom. The monoisotopic (exact) mass is 358 g/mol. The lowest BCUT2D eigenvalue weighted by molar-refractivity contribution is -0.138. The van der Waals surface area contributed by atoms with Gasteiger partial charge in [-0.05, 0) is 31.2 Å². The van der Waals surface area contributed by atoms with Crippen LogP contribution in [0.5, 0.6) is 11.5 Å². The number of nitrogens with zero attached hydrogens (tertiary/aromatic N) is 2. The van der Waals surface area contributed by atoms with Crippen molar-refractivity contribution in [3.05, 3.63) is 54.3 Å². The number of hydrogen-bond acceptors (Lipinski definition) is 4. The zero-order chi connectivity index (χ0) is 18.5. The van der Waals surface area contributed by atoms with Crippen LogP contribution >= 0.6 is 0 Å². The van der Waals surface area contributed by atoms with E-state index in [0.29, 0.717) is 43.4 Å². The second-order valence-electron chi connectivity index (χ2n) is 6.20. The number of anilines is 1. The van der Waals surface area contributed by atoms with Gasteiger partial charge in [-0.1, -0.05) is 18.2 Å². The molecule has 1 aliphatic heterocycles. The number of piperazine rings is 1. The van der Waals surface area contributed by atoms with Crippen LogP contribution in [0.2, 0.25) is 0 Å². The lowest BCUT2D eigenvalue weighted by atomic mass is 10.2. The minimum Gasteiger partial charge on any atom is -0.497 e. The largest absolute Gasteiger partial charge is 0.497 e. The number of carbonyl (C=O) groups excluding carboxylic acids is 1. The minimum absolute atomic E-state index is 0.0685. The molecule has 0 aromatic heterocycles. The SMILES string of the molecule is COc1cccc(OC(C)C(=O)N2CCN(c3ccccc3F)CC2)c1. The fourth-order valence-electron chi connectivity index (χ4n) is 3.06. The number of halogens is 1. The zero-order valence-electron chi connectivity index (χ0n) is 15.0. The summed E-state index contributed by atoms with van der Waals surface area (Å²) in [6, 6.07) is 13.9. The normalized spacial score (nSPS) is 15.5. The van der Waals surface area contributed by atoms with Crippen molar-refractivity contribution < 1.29 is 18.7 Å².